The Morgan fingerprint density at radius 1 is 1.70 bits per heavy atom. The zero-order valence-corrected chi connectivity index (χ0v) is 7.23. The van der Waals surface area contributed by atoms with Gasteiger partial charge in [-0.15, -0.1) is 0 Å². The lowest BCUT2D eigenvalue weighted by Gasteiger charge is -2.23. The third-order valence-corrected chi connectivity index (χ3v) is 3.34. The van der Waals surface area contributed by atoms with Crippen LogP contribution >= 0.6 is 11.8 Å². The summed E-state index contributed by atoms with van der Waals surface area (Å²) in [5, 5.41) is 0. The van der Waals surface area contributed by atoms with Gasteiger partial charge in [0, 0.05) is 0 Å². The minimum absolute atomic E-state index is 0.00694. The van der Waals surface area contributed by atoms with E-state index in [1.54, 1.807) is 5.55 Å². The van der Waals surface area contributed by atoms with Crippen LogP contribution in [0.4, 0.5) is 0 Å². The van der Waals surface area contributed by atoms with Gasteiger partial charge in [0.1, 0.15) is 4.75 Å². The fourth-order valence-corrected chi connectivity index (χ4v) is 1.54. The molecule has 0 saturated heterocycles. The summed E-state index contributed by atoms with van der Waals surface area (Å²) in [6.45, 7) is 6.02. The van der Waals surface area contributed by atoms with E-state index >= 15 is 0 Å². The standard InChI is InChI=1S/C7H11NOS/c1-5(2)7(3)6(9)8-4-10-7/h4-5H,1-3H3. The molecule has 0 fully saturated rings. The van der Waals surface area contributed by atoms with Crippen molar-refractivity contribution in [1.82, 2.24) is 0 Å². The number of rotatable bonds is 1. The molecule has 0 aliphatic carbocycles. The van der Waals surface area contributed by atoms with Gasteiger partial charge >= 0.3 is 0 Å². The van der Waals surface area contributed by atoms with Gasteiger partial charge in [-0.25, -0.2) is 4.99 Å². The molecule has 1 atom stereocenters. The first-order valence-corrected chi connectivity index (χ1v) is 4.20. The zero-order chi connectivity index (χ0) is 7.78. The molecule has 10 heavy (non-hydrogen) atoms. The van der Waals surface area contributed by atoms with E-state index in [0.29, 0.717) is 5.92 Å². The molecule has 56 valence electrons. The summed E-state index contributed by atoms with van der Waals surface area (Å²) in [5.41, 5.74) is 1.64. The van der Waals surface area contributed by atoms with E-state index in [4.69, 9.17) is 0 Å². The number of carbonyl (C=O) groups is 1. The number of amides is 1. The van der Waals surface area contributed by atoms with Crippen molar-refractivity contribution in [1.29, 1.82) is 0 Å². The Kier molecular flexibility index (Phi) is 1.86. The molecule has 0 aromatic rings. The maximum atomic E-state index is 11.1. The van der Waals surface area contributed by atoms with E-state index in [-0.39, 0.29) is 10.7 Å². The van der Waals surface area contributed by atoms with Gasteiger partial charge in [0.25, 0.3) is 5.91 Å². The van der Waals surface area contributed by atoms with Gasteiger partial charge in [0.2, 0.25) is 0 Å². The van der Waals surface area contributed by atoms with Crippen LogP contribution in [0.25, 0.3) is 0 Å². The van der Waals surface area contributed by atoms with Crippen molar-refractivity contribution in [3.05, 3.63) is 0 Å². The van der Waals surface area contributed by atoms with Crippen molar-refractivity contribution < 1.29 is 4.79 Å². The van der Waals surface area contributed by atoms with Crippen LogP contribution in [-0.2, 0) is 4.79 Å². The lowest BCUT2D eigenvalue weighted by Crippen LogP contribution is -2.32. The molecular weight excluding hydrogens is 146 g/mol. The van der Waals surface area contributed by atoms with Crippen molar-refractivity contribution in [3.63, 3.8) is 0 Å². The van der Waals surface area contributed by atoms with Gasteiger partial charge < -0.3 is 0 Å². The number of hydrogen-bond donors (Lipinski definition) is 0. The summed E-state index contributed by atoms with van der Waals surface area (Å²) in [4.78, 5) is 14.8. The lowest BCUT2D eigenvalue weighted by atomic mass is 9.96. The van der Waals surface area contributed by atoms with Gasteiger partial charge in [-0.2, -0.15) is 0 Å². The molecular formula is C7H11NOS. The van der Waals surface area contributed by atoms with E-state index in [1.807, 2.05) is 20.8 Å². The van der Waals surface area contributed by atoms with Gasteiger partial charge in [-0.05, 0) is 12.8 Å². The largest absolute Gasteiger partial charge is 0.271 e. The fourth-order valence-electron chi connectivity index (χ4n) is 0.745. The first-order chi connectivity index (χ1) is 4.57. The van der Waals surface area contributed by atoms with E-state index in [0.717, 1.165) is 0 Å². The first kappa shape index (κ1) is 7.79. The molecule has 0 saturated carbocycles. The Morgan fingerprint density at radius 3 is 2.50 bits per heavy atom. The number of aliphatic imine (C=N–C) groups is 1. The Bertz CT molecular complexity index is 188. The predicted molar refractivity (Wildman–Crippen MR) is 44.3 cm³/mol. The number of hydrogen-bond acceptors (Lipinski definition) is 2. The third kappa shape index (κ3) is 0.985. The highest BCUT2D eigenvalue weighted by molar-refractivity contribution is 8.14. The monoisotopic (exact) mass is 157 g/mol. The van der Waals surface area contributed by atoms with Crippen LogP contribution in [0.5, 0.6) is 0 Å². The molecule has 0 aromatic heterocycles. The molecule has 1 rings (SSSR count). The molecule has 1 unspecified atom stereocenters. The average Bonchev–Trinajstić information content (AvgIpc) is 2.15. The van der Waals surface area contributed by atoms with Crippen LogP contribution in [0.2, 0.25) is 0 Å². The second kappa shape index (κ2) is 2.38. The van der Waals surface area contributed by atoms with E-state index in [9.17, 15) is 4.79 Å². The first-order valence-electron chi connectivity index (χ1n) is 3.32. The molecule has 0 radical (unpaired) electrons. The average molecular weight is 157 g/mol. The lowest BCUT2D eigenvalue weighted by molar-refractivity contribution is -0.120. The Morgan fingerprint density at radius 2 is 2.30 bits per heavy atom. The third-order valence-electron chi connectivity index (χ3n) is 1.99. The highest BCUT2D eigenvalue weighted by Crippen LogP contribution is 2.36. The van der Waals surface area contributed by atoms with E-state index in [1.165, 1.54) is 11.8 Å². The molecule has 0 N–H and O–H groups in total. The van der Waals surface area contributed by atoms with Crippen LogP contribution in [0, 0.1) is 5.92 Å². The van der Waals surface area contributed by atoms with Gasteiger partial charge in [0.15, 0.2) is 0 Å². The maximum absolute atomic E-state index is 11.1. The summed E-state index contributed by atoms with van der Waals surface area (Å²) in [6.07, 6.45) is 0. The predicted octanol–water partition coefficient (Wildman–Crippen LogP) is 1.70. The second-order valence-electron chi connectivity index (χ2n) is 2.92. The summed E-state index contributed by atoms with van der Waals surface area (Å²) in [7, 11) is 0. The molecule has 0 spiro atoms. The second-order valence-corrected chi connectivity index (χ2v) is 4.21. The maximum Gasteiger partial charge on any atom is 0.262 e. The zero-order valence-electron chi connectivity index (χ0n) is 6.42. The molecule has 1 aliphatic rings. The van der Waals surface area contributed by atoms with Gasteiger partial charge in [0.05, 0.1) is 5.55 Å². The Labute approximate surface area is 65.1 Å². The van der Waals surface area contributed by atoms with Crippen LogP contribution in [0.15, 0.2) is 4.99 Å². The van der Waals surface area contributed by atoms with Crippen molar-refractivity contribution >= 4 is 23.2 Å². The normalized spacial score (nSPS) is 32.2. The quantitative estimate of drug-likeness (QED) is 0.579. The fraction of sp³-hybridized carbons (Fsp3) is 0.714. The van der Waals surface area contributed by atoms with Crippen molar-refractivity contribution in [3.8, 4) is 0 Å². The van der Waals surface area contributed by atoms with Crippen molar-refractivity contribution in [2.24, 2.45) is 10.9 Å². The molecule has 1 heterocycles. The molecule has 1 aliphatic heterocycles. The number of nitrogens with zero attached hydrogens (tertiary/aromatic N) is 1. The smallest absolute Gasteiger partial charge is 0.262 e. The van der Waals surface area contributed by atoms with Crippen LogP contribution in [0.1, 0.15) is 20.8 Å². The highest BCUT2D eigenvalue weighted by atomic mass is 32.2. The van der Waals surface area contributed by atoms with Gasteiger partial charge in [-0.1, -0.05) is 25.6 Å². The topological polar surface area (TPSA) is 29.4 Å². The molecule has 0 aromatic carbocycles. The van der Waals surface area contributed by atoms with E-state index in [2.05, 4.69) is 4.99 Å². The summed E-state index contributed by atoms with van der Waals surface area (Å²) in [5.74, 6) is 0.361. The van der Waals surface area contributed by atoms with Crippen molar-refractivity contribution in [2.75, 3.05) is 0 Å². The molecule has 2 nitrogen and oxygen atoms in total. The summed E-state index contributed by atoms with van der Waals surface area (Å²) >= 11 is 1.52. The van der Waals surface area contributed by atoms with E-state index < -0.39 is 0 Å². The number of carbonyl (C=O) groups excluding carboxylic acids is 1. The minimum Gasteiger partial charge on any atom is -0.271 e. The summed E-state index contributed by atoms with van der Waals surface area (Å²) < 4.78 is -0.292. The molecule has 1 amide bonds. The highest BCUT2D eigenvalue weighted by Gasteiger charge is 2.39. The Balaban J connectivity index is 2.81. The van der Waals surface area contributed by atoms with Crippen LogP contribution in [0.3, 0.4) is 0 Å². The number of thioether (sulfide) groups is 1. The Hall–Kier alpha value is -0.310. The molecule has 3 heteroatoms. The summed E-state index contributed by atoms with van der Waals surface area (Å²) in [6, 6.07) is 0. The SMILES string of the molecule is CC(C)C1(C)SC=NC1=O. The van der Waals surface area contributed by atoms with Gasteiger partial charge in [-0.3, -0.25) is 4.79 Å². The molecule has 0 bridgehead atoms. The minimum atomic E-state index is -0.292. The van der Waals surface area contributed by atoms with Crippen molar-refractivity contribution in [2.45, 2.75) is 25.5 Å². The van der Waals surface area contributed by atoms with Crippen LogP contribution in [-0.4, -0.2) is 16.2 Å². The van der Waals surface area contributed by atoms with Crippen LogP contribution < -0.4 is 0 Å².